The Morgan fingerprint density at radius 2 is 1.89 bits per heavy atom. The third kappa shape index (κ3) is 2.70. The molecule has 0 saturated heterocycles. The van der Waals surface area contributed by atoms with Gasteiger partial charge in [0.1, 0.15) is 0 Å². The van der Waals surface area contributed by atoms with Crippen molar-refractivity contribution in [3.63, 3.8) is 0 Å². The molecule has 0 fully saturated rings. The molecule has 1 unspecified atom stereocenters. The van der Waals surface area contributed by atoms with E-state index < -0.39 is 0 Å². The monoisotopic (exact) mass is 305 g/mol. The van der Waals surface area contributed by atoms with Crippen molar-refractivity contribution in [1.29, 1.82) is 0 Å². The summed E-state index contributed by atoms with van der Waals surface area (Å²) in [4.78, 5) is 8.65. The second-order valence-corrected chi connectivity index (χ2v) is 5.12. The third-order valence-corrected chi connectivity index (χ3v) is 3.95. The van der Waals surface area contributed by atoms with Crippen LogP contribution in [0.5, 0.6) is 0 Å². The molecule has 0 spiro atoms. The van der Waals surface area contributed by atoms with Crippen molar-refractivity contribution in [2.24, 2.45) is 0 Å². The number of anilines is 1. The number of benzene rings is 1. The summed E-state index contributed by atoms with van der Waals surface area (Å²) in [5.41, 5.74) is 4.22. The van der Waals surface area contributed by atoms with Gasteiger partial charge in [-0.15, -0.1) is 0 Å². The molecule has 0 saturated carbocycles. The van der Waals surface area contributed by atoms with E-state index in [0.29, 0.717) is 0 Å². The lowest BCUT2D eigenvalue weighted by atomic mass is 10.1. The van der Waals surface area contributed by atoms with Crippen LogP contribution in [0, 0.1) is 13.8 Å². The van der Waals surface area contributed by atoms with Gasteiger partial charge in [-0.25, -0.2) is 0 Å². The number of hydrogen-bond donors (Lipinski definition) is 1. The van der Waals surface area contributed by atoms with E-state index in [-0.39, 0.29) is 6.04 Å². The topological polar surface area (TPSA) is 37.8 Å². The summed E-state index contributed by atoms with van der Waals surface area (Å²) >= 11 is 3.60. The molecule has 0 aliphatic heterocycles. The Morgan fingerprint density at radius 3 is 2.61 bits per heavy atom. The van der Waals surface area contributed by atoms with Crippen LogP contribution < -0.4 is 5.32 Å². The second kappa shape index (κ2) is 5.48. The molecule has 4 heteroatoms. The first-order valence-corrected chi connectivity index (χ1v) is 6.68. The van der Waals surface area contributed by atoms with Crippen LogP contribution in [0.3, 0.4) is 0 Å². The van der Waals surface area contributed by atoms with Gasteiger partial charge in [-0.2, -0.15) is 0 Å². The van der Waals surface area contributed by atoms with E-state index in [1.807, 2.05) is 13.0 Å². The number of aryl methyl sites for hydroxylation is 2. The Kier molecular flexibility index (Phi) is 3.97. The van der Waals surface area contributed by atoms with Gasteiger partial charge in [-0.05, 0) is 48.3 Å². The van der Waals surface area contributed by atoms with Gasteiger partial charge in [0, 0.05) is 22.6 Å². The Labute approximate surface area is 116 Å². The molecule has 0 aliphatic rings. The highest BCUT2D eigenvalue weighted by Gasteiger charge is 2.12. The highest BCUT2D eigenvalue weighted by Crippen LogP contribution is 2.29. The molecule has 18 heavy (non-hydrogen) atoms. The van der Waals surface area contributed by atoms with Crippen LogP contribution >= 0.6 is 15.9 Å². The first kappa shape index (κ1) is 13.0. The summed E-state index contributed by atoms with van der Waals surface area (Å²) in [6.45, 7) is 6.14. The summed E-state index contributed by atoms with van der Waals surface area (Å²) in [5, 5.41) is 3.46. The molecule has 0 bridgehead atoms. The average molecular weight is 306 g/mol. The quantitative estimate of drug-likeness (QED) is 0.930. The number of nitrogens with zero attached hydrogens (tertiary/aromatic N) is 2. The molecule has 94 valence electrons. The van der Waals surface area contributed by atoms with Gasteiger partial charge >= 0.3 is 0 Å². The zero-order valence-corrected chi connectivity index (χ0v) is 12.3. The van der Waals surface area contributed by atoms with Crippen LogP contribution in [0.2, 0.25) is 0 Å². The fourth-order valence-corrected chi connectivity index (χ4v) is 2.28. The number of halogens is 1. The van der Waals surface area contributed by atoms with E-state index in [1.54, 1.807) is 12.4 Å². The van der Waals surface area contributed by atoms with Crippen LogP contribution in [-0.2, 0) is 0 Å². The SMILES string of the molecule is Cc1cccc(NC(C)c2nccnc2C)c1Br. The summed E-state index contributed by atoms with van der Waals surface area (Å²) in [5.74, 6) is 0. The lowest BCUT2D eigenvalue weighted by Crippen LogP contribution is -2.11. The lowest BCUT2D eigenvalue weighted by molar-refractivity contribution is 0.809. The molecule has 0 amide bonds. The largest absolute Gasteiger partial charge is 0.376 e. The Hall–Kier alpha value is -1.42. The van der Waals surface area contributed by atoms with Crippen molar-refractivity contribution < 1.29 is 0 Å². The molecule has 2 rings (SSSR count). The molecule has 0 radical (unpaired) electrons. The highest BCUT2D eigenvalue weighted by atomic mass is 79.9. The molecule has 1 atom stereocenters. The maximum Gasteiger partial charge on any atom is 0.0835 e. The zero-order chi connectivity index (χ0) is 13.1. The normalized spacial score (nSPS) is 12.2. The van der Waals surface area contributed by atoms with Gasteiger partial charge in [0.05, 0.1) is 17.4 Å². The minimum Gasteiger partial charge on any atom is -0.376 e. The first-order chi connectivity index (χ1) is 8.59. The highest BCUT2D eigenvalue weighted by molar-refractivity contribution is 9.10. The summed E-state index contributed by atoms with van der Waals surface area (Å²) in [6, 6.07) is 6.29. The average Bonchev–Trinajstić information content (AvgIpc) is 2.35. The predicted molar refractivity (Wildman–Crippen MR) is 77.7 cm³/mol. The number of hydrogen-bond acceptors (Lipinski definition) is 3. The molecule has 3 nitrogen and oxygen atoms in total. The Balaban J connectivity index is 2.24. The molecule has 1 heterocycles. The minimum atomic E-state index is 0.122. The fraction of sp³-hybridized carbons (Fsp3) is 0.286. The fourth-order valence-electron chi connectivity index (χ4n) is 1.90. The Bertz CT molecular complexity index is 554. The standard InChI is InChI=1S/C14H16BrN3/c1-9-5-4-6-12(13(9)15)18-11(3)14-10(2)16-7-8-17-14/h4-8,11,18H,1-3H3. The van der Waals surface area contributed by atoms with E-state index in [4.69, 9.17) is 0 Å². The maximum atomic E-state index is 4.39. The van der Waals surface area contributed by atoms with Crippen LogP contribution in [0.25, 0.3) is 0 Å². The second-order valence-electron chi connectivity index (χ2n) is 4.33. The predicted octanol–water partition coefficient (Wildman–Crippen LogP) is 4.03. The Morgan fingerprint density at radius 1 is 1.17 bits per heavy atom. The van der Waals surface area contributed by atoms with E-state index >= 15 is 0 Å². The molecule has 1 aromatic heterocycles. The van der Waals surface area contributed by atoms with E-state index in [1.165, 1.54) is 5.56 Å². The van der Waals surface area contributed by atoms with E-state index in [2.05, 4.69) is 57.2 Å². The van der Waals surface area contributed by atoms with Crippen molar-refractivity contribution in [1.82, 2.24) is 9.97 Å². The molecule has 2 aromatic rings. The third-order valence-electron chi connectivity index (χ3n) is 2.89. The molecule has 1 N–H and O–H groups in total. The number of aromatic nitrogens is 2. The number of nitrogens with one attached hydrogen (secondary N) is 1. The van der Waals surface area contributed by atoms with Gasteiger partial charge in [-0.3, -0.25) is 9.97 Å². The first-order valence-electron chi connectivity index (χ1n) is 5.88. The zero-order valence-electron chi connectivity index (χ0n) is 10.7. The van der Waals surface area contributed by atoms with Gasteiger partial charge in [0.15, 0.2) is 0 Å². The van der Waals surface area contributed by atoms with Crippen LogP contribution in [0.15, 0.2) is 35.1 Å². The summed E-state index contributed by atoms with van der Waals surface area (Å²) in [7, 11) is 0. The molecule has 1 aromatic carbocycles. The summed E-state index contributed by atoms with van der Waals surface area (Å²) < 4.78 is 1.10. The molecule has 0 aliphatic carbocycles. The van der Waals surface area contributed by atoms with Crippen LogP contribution in [0.4, 0.5) is 5.69 Å². The van der Waals surface area contributed by atoms with Gasteiger partial charge in [-0.1, -0.05) is 12.1 Å². The van der Waals surface area contributed by atoms with Crippen LogP contribution in [0.1, 0.15) is 29.9 Å². The van der Waals surface area contributed by atoms with Gasteiger partial charge in [0.2, 0.25) is 0 Å². The van der Waals surface area contributed by atoms with Crippen molar-refractivity contribution in [2.75, 3.05) is 5.32 Å². The van der Waals surface area contributed by atoms with Crippen molar-refractivity contribution in [2.45, 2.75) is 26.8 Å². The lowest BCUT2D eigenvalue weighted by Gasteiger charge is -2.17. The smallest absolute Gasteiger partial charge is 0.0835 e. The van der Waals surface area contributed by atoms with Crippen molar-refractivity contribution >= 4 is 21.6 Å². The van der Waals surface area contributed by atoms with Crippen molar-refractivity contribution in [3.05, 3.63) is 52.0 Å². The molecular weight excluding hydrogens is 290 g/mol. The van der Waals surface area contributed by atoms with Gasteiger partial charge < -0.3 is 5.32 Å². The van der Waals surface area contributed by atoms with Crippen LogP contribution in [-0.4, -0.2) is 9.97 Å². The molecular formula is C14H16BrN3. The van der Waals surface area contributed by atoms with E-state index in [9.17, 15) is 0 Å². The maximum absolute atomic E-state index is 4.39. The number of rotatable bonds is 3. The van der Waals surface area contributed by atoms with E-state index in [0.717, 1.165) is 21.5 Å². The van der Waals surface area contributed by atoms with Crippen molar-refractivity contribution in [3.8, 4) is 0 Å². The summed E-state index contributed by atoms with van der Waals surface area (Å²) in [6.07, 6.45) is 3.44. The minimum absolute atomic E-state index is 0.122. The van der Waals surface area contributed by atoms with Gasteiger partial charge in [0.25, 0.3) is 0 Å².